The number of hydrogen-bond acceptors (Lipinski definition) is 2. The van der Waals surface area contributed by atoms with Crippen LogP contribution in [0.1, 0.15) is 6.42 Å². The maximum atomic E-state index is 10.7. The second-order valence-corrected chi connectivity index (χ2v) is 2.26. The predicted octanol–water partition coefficient (Wildman–Crippen LogP) is 0.982. The van der Waals surface area contributed by atoms with Gasteiger partial charge in [0.05, 0.1) is 13.0 Å². The second kappa shape index (κ2) is 2.21. The van der Waals surface area contributed by atoms with Crippen LogP contribution in [-0.2, 0) is 9.53 Å². The Labute approximate surface area is 54.5 Å². The Kier molecular flexibility index (Phi) is 1.56. The smallest absolute Gasteiger partial charge is 0.309 e. The number of methoxy groups -OCH3 is 1. The summed E-state index contributed by atoms with van der Waals surface area (Å²) in [6.45, 7) is 3.58. The fourth-order valence-corrected chi connectivity index (χ4v) is 0.898. The fourth-order valence-electron chi connectivity index (χ4n) is 0.898. The first kappa shape index (κ1) is 6.33. The fraction of sp³-hybridized carbons (Fsp3) is 0.571. The minimum atomic E-state index is -0.0973. The van der Waals surface area contributed by atoms with Gasteiger partial charge in [0.25, 0.3) is 0 Å². The van der Waals surface area contributed by atoms with Crippen molar-refractivity contribution in [2.45, 2.75) is 6.42 Å². The number of hydrogen-bond donors (Lipinski definition) is 0. The van der Waals surface area contributed by atoms with E-state index >= 15 is 0 Å². The van der Waals surface area contributed by atoms with Crippen LogP contribution in [0.5, 0.6) is 0 Å². The van der Waals surface area contributed by atoms with Crippen LogP contribution in [0.15, 0.2) is 12.7 Å². The standard InChI is InChI=1S/C7H10O2/c1-3-5-4-6(5)7(8)9-2/h3,5-6H,1,4H2,2H3/t5-,6-/m1/s1. The average Bonchev–Trinajstić information content (AvgIpc) is 2.64. The molecule has 0 aliphatic heterocycles. The molecule has 1 aliphatic rings. The number of allylic oxidation sites excluding steroid dienone is 1. The highest BCUT2D eigenvalue weighted by Gasteiger charge is 2.41. The molecule has 0 amide bonds. The molecule has 0 bridgehead atoms. The zero-order chi connectivity index (χ0) is 6.85. The molecular formula is C7H10O2. The van der Waals surface area contributed by atoms with E-state index in [2.05, 4.69) is 11.3 Å². The summed E-state index contributed by atoms with van der Waals surface area (Å²) in [4.78, 5) is 10.7. The third-order valence-corrected chi connectivity index (χ3v) is 1.65. The van der Waals surface area contributed by atoms with Crippen molar-refractivity contribution in [2.24, 2.45) is 11.8 Å². The van der Waals surface area contributed by atoms with Gasteiger partial charge in [-0.2, -0.15) is 0 Å². The highest BCUT2D eigenvalue weighted by atomic mass is 16.5. The number of carbonyl (C=O) groups is 1. The summed E-state index contributed by atoms with van der Waals surface area (Å²) in [5, 5.41) is 0. The topological polar surface area (TPSA) is 26.3 Å². The van der Waals surface area contributed by atoms with Crippen LogP contribution >= 0.6 is 0 Å². The molecule has 1 aliphatic carbocycles. The van der Waals surface area contributed by atoms with Crippen molar-refractivity contribution in [3.05, 3.63) is 12.7 Å². The van der Waals surface area contributed by atoms with E-state index in [9.17, 15) is 4.79 Å². The molecule has 2 heteroatoms. The van der Waals surface area contributed by atoms with E-state index in [0.717, 1.165) is 6.42 Å². The van der Waals surface area contributed by atoms with Gasteiger partial charge in [0.2, 0.25) is 0 Å². The summed E-state index contributed by atoms with van der Waals surface area (Å²) in [5.74, 6) is 0.407. The van der Waals surface area contributed by atoms with E-state index < -0.39 is 0 Å². The van der Waals surface area contributed by atoms with Gasteiger partial charge in [-0.15, -0.1) is 6.58 Å². The lowest BCUT2D eigenvalue weighted by atomic mass is 10.3. The summed E-state index contributed by atoms with van der Waals surface area (Å²) in [6.07, 6.45) is 2.73. The van der Waals surface area contributed by atoms with Gasteiger partial charge in [-0.3, -0.25) is 4.79 Å². The zero-order valence-corrected chi connectivity index (χ0v) is 5.46. The molecule has 0 heterocycles. The molecule has 0 saturated heterocycles. The molecule has 9 heavy (non-hydrogen) atoms. The van der Waals surface area contributed by atoms with Crippen LogP contribution in [0.25, 0.3) is 0 Å². The van der Waals surface area contributed by atoms with Gasteiger partial charge in [0.1, 0.15) is 0 Å². The molecule has 2 nitrogen and oxygen atoms in total. The third kappa shape index (κ3) is 1.12. The first-order valence-corrected chi connectivity index (χ1v) is 3.00. The van der Waals surface area contributed by atoms with Crippen molar-refractivity contribution in [1.82, 2.24) is 0 Å². The minimum Gasteiger partial charge on any atom is -0.469 e. The zero-order valence-electron chi connectivity index (χ0n) is 5.46. The molecule has 0 aromatic heterocycles. The lowest BCUT2D eigenvalue weighted by Crippen LogP contribution is -2.03. The summed E-state index contributed by atoms with van der Waals surface area (Å²) < 4.78 is 4.52. The van der Waals surface area contributed by atoms with Gasteiger partial charge >= 0.3 is 5.97 Å². The number of ether oxygens (including phenoxy) is 1. The summed E-state index contributed by atoms with van der Waals surface area (Å²) in [6, 6.07) is 0. The maximum absolute atomic E-state index is 10.7. The van der Waals surface area contributed by atoms with E-state index in [-0.39, 0.29) is 11.9 Å². The number of rotatable bonds is 2. The van der Waals surface area contributed by atoms with Crippen LogP contribution in [0.3, 0.4) is 0 Å². The molecule has 0 aromatic carbocycles. The van der Waals surface area contributed by atoms with E-state index in [4.69, 9.17) is 0 Å². The molecule has 0 spiro atoms. The van der Waals surface area contributed by atoms with Crippen molar-refractivity contribution >= 4 is 5.97 Å². The Balaban J connectivity index is 2.33. The van der Waals surface area contributed by atoms with Crippen molar-refractivity contribution in [2.75, 3.05) is 7.11 Å². The van der Waals surface area contributed by atoms with Gasteiger partial charge in [0, 0.05) is 0 Å². The first-order valence-electron chi connectivity index (χ1n) is 3.00. The van der Waals surface area contributed by atoms with Crippen LogP contribution < -0.4 is 0 Å². The second-order valence-electron chi connectivity index (χ2n) is 2.26. The molecule has 0 N–H and O–H groups in total. The molecule has 1 fully saturated rings. The minimum absolute atomic E-state index is 0.0973. The highest BCUT2D eigenvalue weighted by Crippen LogP contribution is 2.39. The normalized spacial score (nSPS) is 31.2. The van der Waals surface area contributed by atoms with E-state index in [0.29, 0.717) is 5.92 Å². The highest BCUT2D eigenvalue weighted by molar-refractivity contribution is 5.75. The van der Waals surface area contributed by atoms with Gasteiger partial charge in [0.15, 0.2) is 0 Å². The van der Waals surface area contributed by atoms with Crippen LogP contribution in [-0.4, -0.2) is 13.1 Å². The van der Waals surface area contributed by atoms with Crippen LogP contribution in [0.2, 0.25) is 0 Å². The molecule has 0 radical (unpaired) electrons. The van der Waals surface area contributed by atoms with E-state index in [1.807, 2.05) is 6.08 Å². The van der Waals surface area contributed by atoms with Crippen molar-refractivity contribution < 1.29 is 9.53 Å². The SMILES string of the molecule is C=C[C@@H]1C[C@H]1C(=O)OC. The Morgan fingerprint density at radius 3 is 2.89 bits per heavy atom. The Bertz CT molecular complexity index is 140. The van der Waals surface area contributed by atoms with Gasteiger partial charge in [-0.1, -0.05) is 6.08 Å². The van der Waals surface area contributed by atoms with E-state index in [1.165, 1.54) is 7.11 Å². The molecule has 0 aromatic rings. The lowest BCUT2D eigenvalue weighted by Gasteiger charge is -1.92. The third-order valence-electron chi connectivity index (χ3n) is 1.65. The van der Waals surface area contributed by atoms with Crippen molar-refractivity contribution in [3.8, 4) is 0 Å². The van der Waals surface area contributed by atoms with Crippen LogP contribution in [0.4, 0.5) is 0 Å². The van der Waals surface area contributed by atoms with Gasteiger partial charge in [-0.25, -0.2) is 0 Å². The Morgan fingerprint density at radius 2 is 2.56 bits per heavy atom. The molecular weight excluding hydrogens is 116 g/mol. The Hall–Kier alpha value is -0.790. The van der Waals surface area contributed by atoms with Crippen LogP contribution in [0, 0.1) is 11.8 Å². The molecule has 1 saturated carbocycles. The quantitative estimate of drug-likeness (QED) is 0.407. The molecule has 50 valence electrons. The van der Waals surface area contributed by atoms with E-state index in [1.54, 1.807) is 0 Å². The van der Waals surface area contributed by atoms with Gasteiger partial charge < -0.3 is 4.74 Å². The number of esters is 1. The summed E-state index contributed by atoms with van der Waals surface area (Å²) in [7, 11) is 1.42. The average molecular weight is 126 g/mol. The Morgan fingerprint density at radius 1 is 1.89 bits per heavy atom. The summed E-state index contributed by atoms with van der Waals surface area (Å²) >= 11 is 0. The predicted molar refractivity (Wildman–Crippen MR) is 33.8 cm³/mol. The monoisotopic (exact) mass is 126 g/mol. The molecule has 1 rings (SSSR count). The summed E-state index contributed by atoms with van der Waals surface area (Å²) in [5.41, 5.74) is 0. The van der Waals surface area contributed by atoms with Crippen molar-refractivity contribution in [1.29, 1.82) is 0 Å². The lowest BCUT2D eigenvalue weighted by molar-refractivity contribution is -0.142. The van der Waals surface area contributed by atoms with Crippen molar-refractivity contribution in [3.63, 3.8) is 0 Å². The largest absolute Gasteiger partial charge is 0.469 e. The molecule has 0 unspecified atom stereocenters. The molecule has 2 atom stereocenters. The first-order chi connectivity index (χ1) is 4.29. The maximum Gasteiger partial charge on any atom is 0.309 e. The van der Waals surface area contributed by atoms with Gasteiger partial charge in [-0.05, 0) is 12.3 Å². The number of carbonyl (C=O) groups excluding carboxylic acids is 1.